The van der Waals surface area contributed by atoms with Gasteiger partial charge in [-0.3, -0.25) is 9.59 Å². The summed E-state index contributed by atoms with van der Waals surface area (Å²) < 4.78 is 0. The Hall–Kier alpha value is -1.43. The minimum absolute atomic E-state index is 0.0702. The zero-order chi connectivity index (χ0) is 13.9. The van der Waals surface area contributed by atoms with Crippen molar-refractivity contribution in [3.63, 3.8) is 0 Å². The summed E-state index contributed by atoms with van der Waals surface area (Å²) in [6.45, 7) is 0.594. The highest BCUT2D eigenvalue weighted by atomic mass is 16.3. The Morgan fingerprint density at radius 2 is 2.11 bits per heavy atom. The number of hydrazone groups is 1. The molecule has 0 saturated heterocycles. The van der Waals surface area contributed by atoms with Gasteiger partial charge in [0.1, 0.15) is 5.71 Å². The largest absolute Gasteiger partial charge is 0.396 e. The molecule has 0 atom stereocenters. The van der Waals surface area contributed by atoms with Crippen molar-refractivity contribution < 1.29 is 14.7 Å². The fourth-order valence-electron chi connectivity index (χ4n) is 2.72. The molecule has 1 aliphatic heterocycles. The van der Waals surface area contributed by atoms with Crippen molar-refractivity contribution in [2.45, 2.75) is 38.5 Å². The van der Waals surface area contributed by atoms with E-state index in [1.807, 2.05) is 0 Å². The summed E-state index contributed by atoms with van der Waals surface area (Å²) in [5.74, 6) is -0.293. The molecule has 2 amide bonds. The highest BCUT2D eigenvalue weighted by Gasteiger charge is 2.34. The van der Waals surface area contributed by atoms with E-state index in [9.17, 15) is 14.7 Å². The zero-order valence-electron chi connectivity index (χ0n) is 11.3. The number of carbonyl (C=O) groups excluding carboxylic acids is 2. The maximum Gasteiger partial charge on any atom is 0.267 e. The first kappa shape index (κ1) is 14.0. The van der Waals surface area contributed by atoms with Gasteiger partial charge < -0.3 is 10.4 Å². The lowest BCUT2D eigenvalue weighted by Crippen LogP contribution is -2.43. The predicted octanol–water partition coefficient (Wildman–Crippen LogP) is 0.263. The standard InChI is InChI=1S/C13H21N3O3/c1-16-11(18)5-4-10(15-16)12(19)14-8-13(9-17)6-2-3-7-13/h17H,2-9H2,1H3,(H,14,19). The van der Waals surface area contributed by atoms with Crippen LogP contribution in [0.3, 0.4) is 0 Å². The van der Waals surface area contributed by atoms with Gasteiger partial charge >= 0.3 is 0 Å². The molecule has 6 heteroatoms. The molecule has 0 aromatic rings. The second kappa shape index (κ2) is 5.69. The van der Waals surface area contributed by atoms with Crippen LogP contribution in [0.15, 0.2) is 5.10 Å². The van der Waals surface area contributed by atoms with E-state index in [0.717, 1.165) is 25.7 Å². The Balaban J connectivity index is 1.91. The zero-order valence-corrected chi connectivity index (χ0v) is 11.3. The minimum atomic E-state index is -0.223. The normalized spacial score (nSPS) is 22.3. The third-order valence-corrected chi connectivity index (χ3v) is 4.09. The topological polar surface area (TPSA) is 82.0 Å². The van der Waals surface area contributed by atoms with Gasteiger partial charge in [0, 0.05) is 31.8 Å². The highest BCUT2D eigenvalue weighted by molar-refractivity contribution is 6.39. The summed E-state index contributed by atoms with van der Waals surface area (Å²) in [6, 6.07) is 0. The molecular weight excluding hydrogens is 246 g/mol. The van der Waals surface area contributed by atoms with Crippen LogP contribution in [-0.2, 0) is 9.59 Å². The Morgan fingerprint density at radius 3 is 2.68 bits per heavy atom. The number of aliphatic hydroxyl groups is 1. The fraction of sp³-hybridized carbons (Fsp3) is 0.769. The average Bonchev–Trinajstić information content (AvgIpc) is 2.89. The highest BCUT2D eigenvalue weighted by Crippen LogP contribution is 2.36. The van der Waals surface area contributed by atoms with Crippen molar-refractivity contribution >= 4 is 17.5 Å². The molecule has 2 aliphatic rings. The van der Waals surface area contributed by atoms with Gasteiger partial charge in [0.15, 0.2) is 0 Å². The molecule has 1 aliphatic carbocycles. The molecule has 0 bridgehead atoms. The number of hydrogen-bond acceptors (Lipinski definition) is 4. The molecule has 1 saturated carbocycles. The lowest BCUT2D eigenvalue weighted by molar-refractivity contribution is -0.130. The summed E-state index contributed by atoms with van der Waals surface area (Å²) in [5.41, 5.74) is 0.236. The van der Waals surface area contributed by atoms with E-state index >= 15 is 0 Å². The predicted molar refractivity (Wildman–Crippen MR) is 70.4 cm³/mol. The summed E-state index contributed by atoms with van der Waals surface area (Å²) in [6.07, 6.45) is 4.83. The number of amides is 2. The number of hydrogen-bond donors (Lipinski definition) is 2. The molecule has 0 radical (unpaired) electrons. The summed E-state index contributed by atoms with van der Waals surface area (Å²) >= 11 is 0. The van der Waals surface area contributed by atoms with E-state index in [2.05, 4.69) is 10.4 Å². The Morgan fingerprint density at radius 1 is 1.42 bits per heavy atom. The van der Waals surface area contributed by atoms with E-state index in [0.29, 0.717) is 25.1 Å². The Kier molecular flexibility index (Phi) is 4.19. The number of nitrogens with one attached hydrogen (secondary N) is 1. The van der Waals surface area contributed by atoms with Crippen LogP contribution in [0, 0.1) is 5.41 Å². The Labute approximate surface area is 112 Å². The van der Waals surface area contributed by atoms with E-state index in [4.69, 9.17) is 0 Å². The lowest BCUT2D eigenvalue weighted by atomic mass is 9.87. The molecular formula is C13H21N3O3. The third-order valence-electron chi connectivity index (χ3n) is 4.09. The molecule has 0 spiro atoms. The van der Waals surface area contributed by atoms with Crippen LogP contribution in [0.5, 0.6) is 0 Å². The summed E-state index contributed by atoms with van der Waals surface area (Å²) in [4.78, 5) is 23.3. The van der Waals surface area contributed by atoms with Crippen LogP contribution in [0.4, 0.5) is 0 Å². The van der Waals surface area contributed by atoms with E-state index in [1.165, 1.54) is 5.01 Å². The smallest absolute Gasteiger partial charge is 0.267 e. The first-order valence-corrected chi connectivity index (χ1v) is 6.79. The molecule has 0 aromatic carbocycles. The Bertz CT molecular complexity index is 400. The molecule has 2 N–H and O–H groups in total. The van der Waals surface area contributed by atoms with Gasteiger partial charge in [0.05, 0.1) is 6.61 Å². The van der Waals surface area contributed by atoms with Crippen molar-refractivity contribution in [2.75, 3.05) is 20.2 Å². The van der Waals surface area contributed by atoms with Crippen LogP contribution in [0.1, 0.15) is 38.5 Å². The number of aliphatic hydroxyl groups excluding tert-OH is 1. The molecule has 2 rings (SSSR count). The first-order valence-electron chi connectivity index (χ1n) is 6.79. The number of nitrogens with zero attached hydrogens (tertiary/aromatic N) is 2. The lowest BCUT2D eigenvalue weighted by Gasteiger charge is -2.27. The van der Waals surface area contributed by atoms with Crippen LogP contribution >= 0.6 is 0 Å². The minimum Gasteiger partial charge on any atom is -0.396 e. The molecule has 1 heterocycles. The number of rotatable bonds is 4. The van der Waals surface area contributed by atoms with Gasteiger partial charge in [-0.2, -0.15) is 5.10 Å². The van der Waals surface area contributed by atoms with Crippen molar-refractivity contribution in [3.05, 3.63) is 0 Å². The average molecular weight is 267 g/mol. The van der Waals surface area contributed by atoms with Crippen molar-refractivity contribution in [2.24, 2.45) is 10.5 Å². The SMILES string of the molecule is CN1N=C(C(=O)NCC2(CO)CCCC2)CCC1=O. The van der Waals surface area contributed by atoms with Gasteiger partial charge in [0.25, 0.3) is 5.91 Å². The van der Waals surface area contributed by atoms with Crippen LogP contribution in [-0.4, -0.2) is 47.8 Å². The monoisotopic (exact) mass is 267 g/mol. The van der Waals surface area contributed by atoms with Gasteiger partial charge in [0.2, 0.25) is 5.91 Å². The molecule has 1 fully saturated rings. The second-order valence-electron chi connectivity index (χ2n) is 5.51. The quantitative estimate of drug-likeness (QED) is 0.766. The van der Waals surface area contributed by atoms with Gasteiger partial charge in [-0.25, -0.2) is 5.01 Å². The van der Waals surface area contributed by atoms with E-state index in [-0.39, 0.29) is 23.8 Å². The van der Waals surface area contributed by atoms with Crippen LogP contribution < -0.4 is 5.32 Å². The first-order chi connectivity index (χ1) is 9.06. The van der Waals surface area contributed by atoms with Gasteiger partial charge in [-0.05, 0) is 12.8 Å². The van der Waals surface area contributed by atoms with E-state index in [1.54, 1.807) is 7.05 Å². The van der Waals surface area contributed by atoms with Gasteiger partial charge in [-0.1, -0.05) is 12.8 Å². The summed E-state index contributed by atoms with van der Waals surface area (Å²) in [5, 5.41) is 17.5. The third kappa shape index (κ3) is 3.12. The maximum atomic E-state index is 12.0. The second-order valence-corrected chi connectivity index (χ2v) is 5.51. The van der Waals surface area contributed by atoms with Crippen LogP contribution in [0.25, 0.3) is 0 Å². The molecule has 0 aromatic heterocycles. The van der Waals surface area contributed by atoms with Crippen molar-refractivity contribution in [1.29, 1.82) is 0 Å². The fourth-order valence-corrected chi connectivity index (χ4v) is 2.72. The molecule has 19 heavy (non-hydrogen) atoms. The molecule has 6 nitrogen and oxygen atoms in total. The van der Waals surface area contributed by atoms with Crippen molar-refractivity contribution in [3.8, 4) is 0 Å². The molecule has 106 valence electrons. The van der Waals surface area contributed by atoms with E-state index < -0.39 is 0 Å². The van der Waals surface area contributed by atoms with Crippen LogP contribution in [0.2, 0.25) is 0 Å². The number of carbonyl (C=O) groups is 2. The molecule has 0 unspecified atom stereocenters. The van der Waals surface area contributed by atoms with Crippen molar-refractivity contribution in [1.82, 2.24) is 10.3 Å². The van der Waals surface area contributed by atoms with Gasteiger partial charge in [-0.15, -0.1) is 0 Å². The summed E-state index contributed by atoms with van der Waals surface area (Å²) in [7, 11) is 1.56. The maximum absolute atomic E-state index is 12.0.